The van der Waals surface area contributed by atoms with Crippen LogP contribution in [0.15, 0.2) is 0 Å². The van der Waals surface area contributed by atoms with E-state index in [9.17, 15) is 9.59 Å². The number of rotatable bonds is 6. The molecule has 0 aromatic rings. The molecule has 1 unspecified atom stereocenters. The fourth-order valence-corrected chi connectivity index (χ4v) is 2.41. The molecule has 0 heterocycles. The maximum Gasteiger partial charge on any atom is 0.321 e. The van der Waals surface area contributed by atoms with Crippen molar-refractivity contribution in [2.24, 2.45) is 11.7 Å². The molecule has 7 heteroatoms. The summed E-state index contributed by atoms with van der Waals surface area (Å²) >= 11 is 0. The van der Waals surface area contributed by atoms with Crippen molar-refractivity contribution >= 4 is 20.3 Å². The highest BCUT2D eigenvalue weighted by Crippen LogP contribution is 2.37. The Kier molecular flexibility index (Phi) is 6.80. The van der Waals surface area contributed by atoms with Crippen molar-refractivity contribution in [1.29, 1.82) is 0 Å². The average Bonchev–Trinajstić information content (AvgIpc) is 2.24. The Balaban J connectivity index is 5.13. The molecule has 0 saturated carbocycles. The van der Waals surface area contributed by atoms with Crippen LogP contribution in [0, 0.1) is 5.92 Å². The van der Waals surface area contributed by atoms with Gasteiger partial charge in [0.1, 0.15) is 17.6 Å². The standard InChI is InChI=1S/C15H31NO5Si/c1-14(2,3)21-13(19)10(11(16)12(17)18)9-20-22(7,8)15(4,5)6/h10-11H,9,16H2,1-8H3,(H,17,18)/t10?,11-/m1/s1. The van der Waals surface area contributed by atoms with Crippen molar-refractivity contribution in [3.63, 3.8) is 0 Å². The highest BCUT2D eigenvalue weighted by molar-refractivity contribution is 6.74. The molecule has 22 heavy (non-hydrogen) atoms. The fourth-order valence-electron chi connectivity index (χ4n) is 1.38. The molecule has 0 radical (unpaired) electrons. The smallest absolute Gasteiger partial charge is 0.321 e. The number of nitrogens with two attached hydrogens (primary N) is 1. The Morgan fingerprint density at radius 1 is 1.14 bits per heavy atom. The van der Waals surface area contributed by atoms with Gasteiger partial charge in [-0.15, -0.1) is 0 Å². The van der Waals surface area contributed by atoms with E-state index >= 15 is 0 Å². The topological polar surface area (TPSA) is 98.9 Å². The summed E-state index contributed by atoms with van der Waals surface area (Å²) in [5, 5.41) is 9.07. The lowest BCUT2D eigenvalue weighted by molar-refractivity contribution is -0.165. The Morgan fingerprint density at radius 3 is 1.91 bits per heavy atom. The molecule has 0 saturated heterocycles. The number of aliphatic carboxylic acids is 1. The number of esters is 1. The molecule has 0 aromatic heterocycles. The lowest BCUT2D eigenvalue weighted by Crippen LogP contribution is -2.49. The molecule has 130 valence electrons. The van der Waals surface area contributed by atoms with Crippen LogP contribution in [-0.2, 0) is 18.8 Å². The van der Waals surface area contributed by atoms with E-state index in [1.165, 1.54) is 0 Å². The van der Waals surface area contributed by atoms with Gasteiger partial charge in [0.15, 0.2) is 8.32 Å². The molecule has 0 bridgehead atoms. The van der Waals surface area contributed by atoms with Crippen LogP contribution >= 0.6 is 0 Å². The first-order valence-corrected chi connectivity index (χ1v) is 10.3. The Bertz CT molecular complexity index is 409. The number of hydrogen-bond donors (Lipinski definition) is 2. The van der Waals surface area contributed by atoms with E-state index in [2.05, 4.69) is 20.8 Å². The number of carboxylic acids is 1. The monoisotopic (exact) mass is 333 g/mol. The van der Waals surface area contributed by atoms with E-state index in [-0.39, 0.29) is 11.6 Å². The van der Waals surface area contributed by atoms with Crippen LogP contribution in [0.3, 0.4) is 0 Å². The van der Waals surface area contributed by atoms with Crippen molar-refractivity contribution in [3.8, 4) is 0 Å². The predicted octanol–water partition coefficient (Wildman–Crippen LogP) is 2.38. The minimum atomic E-state index is -2.11. The molecule has 0 rings (SSSR count). The van der Waals surface area contributed by atoms with Crippen LogP contribution in [0.5, 0.6) is 0 Å². The van der Waals surface area contributed by atoms with Gasteiger partial charge in [0.05, 0.1) is 0 Å². The van der Waals surface area contributed by atoms with E-state index in [0.717, 1.165) is 0 Å². The Labute approximate surface area is 134 Å². The van der Waals surface area contributed by atoms with E-state index in [1.807, 2.05) is 13.1 Å². The average molecular weight is 334 g/mol. The highest BCUT2D eigenvalue weighted by atomic mass is 28.4. The van der Waals surface area contributed by atoms with Gasteiger partial charge in [-0.25, -0.2) is 0 Å². The zero-order valence-corrected chi connectivity index (χ0v) is 16.0. The van der Waals surface area contributed by atoms with Gasteiger partial charge in [0.25, 0.3) is 0 Å². The maximum atomic E-state index is 12.2. The molecule has 0 amide bonds. The summed E-state index contributed by atoms with van der Waals surface area (Å²) in [7, 11) is -2.11. The summed E-state index contributed by atoms with van der Waals surface area (Å²) in [5.41, 5.74) is 4.95. The number of ether oxygens (including phenoxy) is 1. The van der Waals surface area contributed by atoms with E-state index < -0.39 is 37.8 Å². The van der Waals surface area contributed by atoms with Crippen molar-refractivity contribution < 1.29 is 23.9 Å². The third kappa shape index (κ3) is 6.45. The van der Waals surface area contributed by atoms with Crippen LogP contribution < -0.4 is 5.73 Å². The summed E-state index contributed by atoms with van der Waals surface area (Å²) in [4.78, 5) is 23.4. The van der Waals surface area contributed by atoms with Crippen LogP contribution in [0.4, 0.5) is 0 Å². The number of carbonyl (C=O) groups excluding carboxylic acids is 1. The van der Waals surface area contributed by atoms with Gasteiger partial charge in [-0.1, -0.05) is 20.8 Å². The quantitative estimate of drug-likeness (QED) is 0.572. The zero-order valence-electron chi connectivity index (χ0n) is 15.0. The van der Waals surface area contributed by atoms with Gasteiger partial charge >= 0.3 is 11.9 Å². The van der Waals surface area contributed by atoms with Crippen molar-refractivity contribution in [2.75, 3.05) is 6.61 Å². The molecular formula is C15H31NO5Si. The van der Waals surface area contributed by atoms with Gasteiger partial charge < -0.3 is 20.0 Å². The zero-order chi connectivity index (χ0) is 17.9. The molecular weight excluding hydrogens is 302 g/mol. The van der Waals surface area contributed by atoms with Crippen molar-refractivity contribution in [1.82, 2.24) is 0 Å². The van der Waals surface area contributed by atoms with Gasteiger partial charge in [0.2, 0.25) is 0 Å². The molecule has 2 atom stereocenters. The summed E-state index contributed by atoms with van der Waals surface area (Å²) in [6, 6.07) is -1.35. The van der Waals surface area contributed by atoms with Gasteiger partial charge in [0, 0.05) is 6.61 Å². The second kappa shape index (κ2) is 7.10. The summed E-state index contributed by atoms with van der Waals surface area (Å²) < 4.78 is 11.2. The van der Waals surface area contributed by atoms with Crippen LogP contribution in [0.25, 0.3) is 0 Å². The first-order chi connectivity index (χ1) is 9.58. The summed E-state index contributed by atoms with van der Waals surface area (Å²) in [6.45, 7) is 15.4. The third-order valence-electron chi connectivity index (χ3n) is 3.86. The van der Waals surface area contributed by atoms with Gasteiger partial charge in [-0.2, -0.15) is 0 Å². The highest BCUT2D eigenvalue weighted by Gasteiger charge is 2.41. The molecule has 0 spiro atoms. The molecule has 6 nitrogen and oxygen atoms in total. The van der Waals surface area contributed by atoms with Gasteiger partial charge in [-0.3, -0.25) is 9.59 Å². The second-order valence-corrected chi connectivity index (χ2v) is 12.9. The number of carbonyl (C=O) groups is 2. The van der Waals surface area contributed by atoms with Crippen LogP contribution in [0.1, 0.15) is 41.5 Å². The normalized spacial score (nSPS) is 16.0. The largest absolute Gasteiger partial charge is 0.480 e. The van der Waals surface area contributed by atoms with E-state index in [4.69, 9.17) is 20.0 Å². The molecule has 3 N–H and O–H groups in total. The van der Waals surface area contributed by atoms with E-state index in [0.29, 0.717) is 0 Å². The first-order valence-electron chi connectivity index (χ1n) is 7.44. The van der Waals surface area contributed by atoms with Crippen LogP contribution in [0.2, 0.25) is 18.1 Å². The Hall–Kier alpha value is -0.923. The van der Waals surface area contributed by atoms with E-state index in [1.54, 1.807) is 20.8 Å². The van der Waals surface area contributed by atoms with Gasteiger partial charge in [-0.05, 0) is 38.9 Å². The fraction of sp³-hybridized carbons (Fsp3) is 0.867. The Morgan fingerprint density at radius 2 is 1.59 bits per heavy atom. The summed E-state index contributed by atoms with van der Waals surface area (Å²) in [6.07, 6.45) is 0. The predicted molar refractivity (Wildman–Crippen MR) is 88.1 cm³/mol. The first kappa shape index (κ1) is 21.1. The lowest BCUT2D eigenvalue weighted by Gasteiger charge is -2.37. The molecule has 0 aliphatic heterocycles. The minimum Gasteiger partial charge on any atom is -0.480 e. The number of hydrogen-bond acceptors (Lipinski definition) is 5. The number of carboxylic acid groups (broad SMARTS) is 1. The van der Waals surface area contributed by atoms with Crippen LogP contribution in [-0.4, -0.2) is 43.6 Å². The molecule has 0 aromatic carbocycles. The van der Waals surface area contributed by atoms with Crippen molar-refractivity contribution in [2.45, 2.75) is 71.3 Å². The second-order valence-electron chi connectivity index (χ2n) is 8.08. The maximum absolute atomic E-state index is 12.2. The minimum absolute atomic E-state index is 0.0428. The SMILES string of the molecule is CC(C)(C)OC(=O)C(CO[Si](C)(C)C(C)(C)C)[C@@H](N)C(=O)O. The summed E-state index contributed by atoms with van der Waals surface area (Å²) in [5.74, 6) is -2.90. The third-order valence-corrected chi connectivity index (χ3v) is 8.36. The van der Waals surface area contributed by atoms with Crippen molar-refractivity contribution in [3.05, 3.63) is 0 Å². The molecule has 0 aliphatic carbocycles. The lowest BCUT2D eigenvalue weighted by atomic mass is 10.0. The molecule has 0 fully saturated rings. The molecule has 0 aliphatic rings.